The van der Waals surface area contributed by atoms with E-state index in [-0.39, 0.29) is 0 Å². The fourth-order valence-corrected chi connectivity index (χ4v) is 1.11. The summed E-state index contributed by atoms with van der Waals surface area (Å²) in [6.45, 7) is 7.01. The van der Waals surface area contributed by atoms with Gasteiger partial charge in [-0.25, -0.2) is 4.98 Å². The normalized spacial score (nSPS) is 11.2. The minimum Gasteiger partial charge on any atom is -0.380 e. The molecule has 86 valence electrons. The highest BCUT2D eigenvalue weighted by Crippen LogP contribution is 1.98. The molecule has 0 bridgehead atoms. The third-order valence-corrected chi connectivity index (χ3v) is 2.07. The van der Waals surface area contributed by atoms with Crippen LogP contribution in [0.4, 0.5) is 0 Å². The lowest BCUT2D eigenvalue weighted by atomic mass is 10.1. The van der Waals surface area contributed by atoms with Crippen molar-refractivity contribution in [2.75, 3.05) is 13.2 Å². The van der Waals surface area contributed by atoms with Gasteiger partial charge in [0.25, 0.3) is 0 Å². The van der Waals surface area contributed by atoms with E-state index in [4.69, 9.17) is 10.5 Å². The van der Waals surface area contributed by atoms with Gasteiger partial charge in [-0.2, -0.15) is 5.10 Å². The van der Waals surface area contributed by atoms with Gasteiger partial charge in [0.1, 0.15) is 6.33 Å². The van der Waals surface area contributed by atoms with Crippen molar-refractivity contribution in [1.82, 2.24) is 14.8 Å². The van der Waals surface area contributed by atoms with Crippen molar-refractivity contribution in [2.45, 2.75) is 33.4 Å². The molecule has 1 heterocycles. The summed E-state index contributed by atoms with van der Waals surface area (Å²) in [5, 5.41) is 4.16. The smallest absolute Gasteiger partial charge is 0.164 e. The summed E-state index contributed by atoms with van der Waals surface area (Å²) in [5.74, 6) is 1.37. The first-order chi connectivity index (χ1) is 7.22. The summed E-state index contributed by atoms with van der Waals surface area (Å²) in [4.78, 5) is 4.03. The average molecular weight is 212 g/mol. The van der Waals surface area contributed by atoms with E-state index in [2.05, 4.69) is 23.9 Å². The Labute approximate surface area is 90.6 Å². The molecule has 2 N–H and O–H groups in total. The Morgan fingerprint density at radius 2 is 2.27 bits per heavy atom. The second-order valence-corrected chi connectivity index (χ2v) is 3.92. The molecule has 15 heavy (non-hydrogen) atoms. The summed E-state index contributed by atoms with van der Waals surface area (Å²) in [6.07, 6.45) is 2.79. The van der Waals surface area contributed by atoms with E-state index in [0.29, 0.717) is 24.9 Å². The topological polar surface area (TPSA) is 66.0 Å². The van der Waals surface area contributed by atoms with Gasteiger partial charge < -0.3 is 10.5 Å². The molecule has 0 radical (unpaired) electrons. The van der Waals surface area contributed by atoms with Crippen LogP contribution in [0.25, 0.3) is 0 Å². The van der Waals surface area contributed by atoms with Gasteiger partial charge in [0.2, 0.25) is 0 Å². The number of hydrogen-bond acceptors (Lipinski definition) is 4. The van der Waals surface area contributed by atoms with E-state index < -0.39 is 0 Å². The lowest BCUT2D eigenvalue weighted by molar-refractivity contribution is 0.114. The molecule has 5 heteroatoms. The SMILES string of the molecule is CC(C)CCOCCn1cnc(CN)n1. The average Bonchev–Trinajstić information content (AvgIpc) is 2.65. The minimum absolute atomic E-state index is 0.390. The third-order valence-electron chi connectivity index (χ3n) is 2.07. The number of ether oxygens (including phenoxy) is 1. The summed E-state index contributed by atoms with van der Waals surface area (Å²) < 4.78 is 7.23. The van der Waals surface area contributed by atoms with Crippen LogP contribution >= 0.6 is 0 Å². The van der Waals surface area contributed by atoms with E-state index in [1.54, 1.807) is 11.0 Å². The van der Waals surface area contributed by atoms with Gasteiger partial charge in [0.05, 0.1) is 19.7 Å². The molecule has 0 aliphatic rings. The summed E-state index contributed by atoms with van der Waals surface area (Å²) in [5.41, 5.74) is 5.40. The predicted molar refractivity (Wildman–Crippen MR) is 58.2 cm³/mol. The van der Waals surface area contributed by atoms with E-state index in [1.807, 2.05) is 0 Å². The van der Waals surface area contributed by atoms with Gasteiger partial charge in [-0.1, -0.05) is 13.8 Å². The first-order valence-electron chi connectivity index (χ1n) is 5.38. The molecule has 0 amide bonds. The first-order valence-corrected chi connectivity index (χ1v) is 5.38. The van der Waals surface area contributed by atoms with Crippen LogP contribution in [0.3, 0.4) is 0 Å². The minimum atomic E-state index is 0.390. The van der Waals surface area contributed by atoms with Gasteiger partial charge in [-0.15, -0.1) is 0 Å². The summed E-state index contributed by atoms with van der Waals surface area (Å²) >= 11 is 0. The van der Waals surface area contributed by atoms with Gasteiger partial charge in [0.15, 0.2) is 5.82 Å². The van der Waals surface area contributed by atoms with E-state index in [0.717, 1.165) is 19.6 Å². The maximum absolute atomic E-state index is 5.47. The molecule has 0 saturated heterocycles. The highest BCUT2D eigenvalue weighted by molar-refractivity contribution is 4.78. The van der Waals surface area contributed by atoms with Crippen LogP contribution in [-0.2, 0) is 17.8 Å². The zero-order valence-electron chi connectivity index (χ0n) is 9.52. The van der Waals surface area contributed by atoms with Crippen molar-refractivity contribution in [3.8, 4) is 0 Å². The molecular formula is C10H20N4O. The second kappa shape index (κ2) is 6.53. The van der Waals surface area contributed by atoms with Gasteiger partial charge >= 0.3 is 0 Å². The molecule has 1 rings (SSSR count). The van der Waals surface area contributed by atoms with Gasteiger partial charge in [0, 0.05) is 6.61 Å². The van der Waals surface area contributed by atoms with Crippen molar-refractivity contribution in [1.29, 1.82) is 0 Å². The Hall–Kier alpha value is -0.940. The summed E-state index contributed by atoms with van der Waals surface area (Å²) in [6, 6.07) is 0. The first kappa shape index (κ1) is 12.1. The molecule has 0 aliphatic carbocycles. The Morgan fingerprint density at radius 1 is 1.47 bits per heavy atom. The van der Waals surface area contributed by atoms with Gasteiger partial charge in [-0.05, 0) is 12.3 Å². The Kier molecular flexibility index (Phi) is 5.28. The maximum atomic E-state index is 5.47. The number of nitrogens with two attached hydrogens (primary N) is 1. The molecule has 0 aromatic carbocycles. The van der Waals surface area contributed by atoms with Crippen LogP contribution in [0.1, 0.15) is 26.1 Å². The van der Waals surface area contributed by atoms with Crippen LogP contribution < -0.4 is 5.73 Å². The largest absolute Gasteiger partial charge is 0.380 e. The molecule has 0 unspecified atom stereocenters. The number of nitrogens with zero attached hydrogens (tertiary/aromatic N) is 3. The fraction of sp³-hybridized carbons (Fsp3) is 0.800. The molecule has 1 aromatic rings. The monoisotopic (exact) mass is 212 g/mol. The second-order valence-electron chi connectivity index (χ2n) is 3.92. The maximum Gasteiger partial charge on any atom is 0.164 e. The predicted octanol–water partition coefficient (Wildman–Crippen LogP) is 0.799. The number of hydrogen-bond donors (Lipinski definition) is 1. The molecule has 0 fully saturated rings. The Balaban J connectivity index is 2.09. The van der Waals surface area contributed by atoms with E-state index in [1.165, 1.54) is 0 Å². The Bertz CT molecular complexity index is 272. The van der Waals surface area contributed by atoms with Crippen LogP contribution in [-0.4, -0.2) is 28.0 Å². The number of rotatable bonds is 7. The van der Waals surface area contributed by atoms with Crippen LogP contribution in [0.2, 0.25) is 0 Å². The van der Waals surface area contributed by atoms with Crippen LogP contribution in [0.5, 0.6) is 0 Å². The number of aromatic nitrogens is 3. The highest BCUT2D eigenvalue weighted by atomic mass is 16.5. The highest BCUT2D eigenvalue weighted by Gasteiger charge is 1.98. The van der Waals surface area contributed by atoms with E-state index in [9.17, 15) is 0 Å². The van der Waals surface area contributed by atoms with Crippen molar-refractivity contribution >= 4 is 0 Å². The van der Waals surface area contributed by atoms with Crippen LogP contribution in [0.15, 0.2) is 6.33 Å². The van der Waals surface area contributed by atoms with Crippen molar-refractivity contribution in [2.24, 2.45) is 11.7 Å². The molecule has 5 nitrogen and oxygen atoms in total. The standard InChI is InChI=1S/C10H20N4O/c1-9(2)3-5-15-6-4-14-8-12-10(7-11)13-14/h8-9H,3-7,11H2,1-2H3. The third kappa shape index (κ3) is 4.90. The van der Waals surface area contributed by atoms with Crippen molar-refractivity contribution < 1.29 is 4.74 Å². The lowest BCUT2D eigenvalue weighted by Crippen LogP contribution is -2.09. The molecular weight excluding hydrogens is 192 g/mol. The van der Waals surface area contributed by atoms with Crippen molar-refractivity contribution in [3.63, 3.8) is 0 Å². The lowest BCUT2D eigenvalue weighted by Gasteiger charge is -2.05. The molecule has 0 saturated carbocycles. The zero-order valence-corrected chi connectivity index (χ0v) is 9.52. The molecule has 0 spiro atoms. The van der Waals surface area contributed by atoms with Crippen LogP contribution in [0, 0.1) is 5.92 Å². The summed E-state index contributed by atoms with van der Waals surface area (Å²) in [7, 11) is 0. The zero-order chi connectivity index (χ0) is 11.1. The van der Waals surface area contributed by atoms with Gasteiger partial charge in [-0.3, -0.25) is 4.68 Å². The fourth-order valence-electron chi connectivity index (χ4n) is 1.11. The molecule has 0 atom stereocenters. The van der Waals surface area contributed by atoms with E-state index >= 15 is 0 Å². The quantitative estimate of drug-likeness (QED) is 0.679. The molecule has 1 aromatic heterocycles. The Morgan fingerprint density at radius 3 is 2.87 bits per heavy atom. The van der Waals surface area contributed by atoms with Crippen molar-refractivity contribution in [3.05, 3.63) is 12.2 Å². The molecule has 0 aliphatic heterocycles.